The number of carbonyl (C=O) groups excluding carboxylic acids is 1. The summed E-state index contributed by atoms with van der Waals surface area (Å²) in [4.78, 5) is 28.0. The number of nitriles is 1. The number of pyridine rings is 2. The number of hydrogen-bond donors (Lipinski definition) is 2. The van der Waals surface area contributed by atoms with Crippen molar-refractivity contribution in [1.82, 2.24) is 19.8 Å². The molecule has 13 nitrogen and oxygen atoms in total. The van der Waals surface area contributed by atoms with Gasteiger partial charge < -0.3 is 29.0 Å². The summed E-state index contributed by atoms with van der Waals surface area (Å²) in [5.74, 6) is 0.598. The third-order valence-electron chi connectivity index (χ3n) is 7.98. The lowest BCUT2D eigenvalue weighted by atomic mass is 9.68. The summed E-state index contributed by atoms with van der Waals surface area (Å²) in [7, 11) is 6.44. The summed E-state index contributed by atoms with van der Waals surface area (Å²) in [5.41, 5.74) is -0.0473. The van der Waals surface area contributed by atoms with E-state index in [2.05, 4.69) is 10.3 Å². The van der Waals surface area contributed by atoms with Crippen LogP contribution in [0, 0.1) is 11.3 Å². The van der Waals surface area contributed by atoms with Crippen LogP contribution in [0.1, 0.15) is 41.5 Å². The number of aromatic nitrogens is 2. The maximum Gasteiger partial charge on any atom is 0.328 e. The second kappa shape index (κ2) is 12.4. The smallest absolute Gasteiger partial charge is 0.328 e. The van der Waals surface area contributed by atoms with Crippen molar-refractivity contribution in [3.8, 4) is 11.8 Å². The number of aliphatic hydroxyl groups excluding tert-OH is 1. The van der Waals surface area contributed by atoms with Crippen LogP contribution in [0.4, 0.5) is 20.8 Å². The second-order valence-electron chi connectivity index (χ2n) is 10.8. The van der Waals surface area contributed by atoms with Crippen molar-refractivity contribution in [3.63, 3.8) is 0 Å². The number of amides is 2. The first-order valence-electron chi connectivity index (χ1n) is 13.7. The summed E-state index contributed by atoms with van der Waals surface area (Å²) in [5, 5.41) is 22.9. The summed E-state index contributed by atoms with van der Waals surface area (Å²) in [6.45, 7) is 2.71. The lowest BCUT2D eigenvalue weighted by Crippen LogP contribution is -2.60. The number of β-amino-alcohol motifs (C(OH)–C–C–N with tert-alkyl or cyclic N) is 1. The Morgan fingerprint density at radius 3 is 2.69 bits per heavy atom. The summed E-state index contributed by atoms with van der Waals surface area (Å²) in [6.07, 6.45) is 0.00845. The summed E-state index contributed by atoms with van der Waals surface area (Å²) >= 11 is 0. The van der Waals surface area contributed by atoms with Gasteiger partial charge in [0.05, 0.1) is 12.8 Å². The number of likely N-dealkylation sites (N-methyl/N-ethyl adjacent to an activating group) is 1. The Morgan fingerprint density at radius 1 is 1.26 bits per heavy atom. The average molecular weight is 586 g/mol. The van der Waals surface area contributed by atoms with Crippen molar-refractivity contribution in [1.29, 1.82) is 5.26 Å². The zero-order valence-electron chi connectivity index (χ0n) is 24.2. The Morgan fingerprint density at radius 2 is 2.02 bits per heavy atom. The fourth-order valence-corrected chi connectivity index (χ4v) is 5.70. The maximum atomic E-state index is 16.1. The van der Waals surface area contributed by atoms with Crippen LogP contribution in [0.25, 0.3) is 0 Å². The first kappa shape index (κ1) is 30.0. The van der Waals surface area contributed by atoms with E-state index < -0.39 is 30.3 Å². The molecule has 4 aliphatic rings. The number of nitrogens with zero attached hydrogens (tertiary/aromatic N) is 6. The first-order chi connectivity index (χ1) is 20.2. The molecule has 2 fully saturated rings. The Bertz CT molecular complexity index is 1350. The molecule has 0 aromatic carbocycles. The Hall–Kier alpha value is -3.45. The number of piperazine rings is 1. The van der Waals surface area contributed by atoms with E-state index in [1.165, 1.54) is 38.5 Å². The van der Waals surface area contributed by atoms with Crippen molar-refractivity contribution in [2.45, 2.75) is 43.6 Å². The molecule has 2 N–H and O–H groups in total. The van der Waals surface area contributed by atoms with Crippen LogP contribution in [0.2, 0.25) is 0 Å². The van der Waals surface area contributed by atoms with Crippen LogP contribution in [-0.4, -0.2) is 104 Å². The predicted octanol–water partition coefficient (Wildman–Crippen LogP) is 2.11. The molecule has 1 saturated carbocycles. The van der Waals surface area contributed by atoms with Gasteiger partial charge in [0.15, 0.2) is 0 Å². The number of methoxy groups -OCH3 is 3. The largest absolute Gasteiger partial charge is 0.490 e. The van der Waals surface area contributed by atoms with Crippen molar-refractivity contribution >= 4 is 17.7 Å². The molecule has 6 rings (SSSR count). The van der Waals surface area contributed by atoms with E-state index in [4.69, 9.17) is 23.9 Å². The van der Waals surface area contributed by atoms with Gasteiger partial charge in [-0.1, -0.05) is 0 Å². The average Bonchev–Trinajstić information content (AvgIpc) is 2.95. The van der Waals surface area contributed by atoms with Gasteiger partial charge in [0.25, 0.3) is 0 Å². The second-order valence-corrected chi connectivity index (χ2v) is 10.8. The fraction of sp³-hybridized carbons (Fsp3) is 0.571. The molecule has 2 bridgehead atoms. The molecule has 1 saturated heterocycles. The minimum absolute atomic E-state index is 0.134. The van der Waals surface area contributed by atoms with Gasteiger partial charge in [0.1, 0.15) is 53.2 Å². The number of urea groups is 1. The highest BCUT2D eigenvalue weighted by Gasteiger charge is 2.57. The lowest BCUT2D eigenvalue weighted by molar-refractivity contribution is -0.110. The van der Waals surface area contributed by atoms with Crippen molar-refractivity contribution in [2.24, 2.45) is 0 Å². The van der Waals surface area contributed by atoms with Gasteiger partial charge in [-0.25, -0.2) is 19.2 Å². The number of aliphatic hydroxyl groups is 1. The molecule has 1 atom stereocenters. The monoisotopic (exact) mass is 585 g/mol. The van der Waals surface area contributed by atoms with E-state index in [9.17, 15) is 15.2 Å². The first-order valence-corrected chi connectivity index (χ1v) is 13.7. The number of hydrogen-bond acceptors (Lipinski definition) is 11. The molecule has 14 heteroatoms. The molecule has 1 unspecified atom stereocenters. The number of nitrogens with one attached hydrogen (secondary N) is 1. The minimum Gasteiger partial charge on any atom is -0.490 e. The van der Waals surface area contributed by atoms with Gasteiger partial charge in [0, 0.05) is 78.0 Å². The van der Waals surface area contributed by atoms with Crippen molar-refractivity contribution in [3.05, 3.63) is 40.7 Å². The minimum atomic E-state index is -1.62. The number of carbonyl (C=O) groups is 1. The summed E-state index contributed by atoms with van der Waals surface area (Å²) < 4.78 is 37.8. The molecule has 5 heterocycles. The van der Waals surface area contributed by atoms with Crippen LogP contribution in [-0.2, 0) is 26.4 Å². The number of ether oxygens (including phenoxy) is 4. The van der Waals surface area contributed by atoms with Crippen LogP contribution >= 0.6 is 0 Å². The normalized spacial score (nSPS) is 23.7. The van der Waals surface area contributed by atoms with E-state index in [-0.39, 0.29) is 42.4 Å². The molecule has 2 amide bonds. The molecule has 42 heavy (non-hydrogen) atoms. The van der Waals surface area contributed by atoms with E-state index >= 15 is 4.39 Å². The number of rotatable bonds is 10. The van der Waals surface area contributed by atoms with Gasteiger partial charge >= 0.3 is 6.03 Å². The fourth-order valence-electron chi connectivity index (χ4n) is 5.70. The zero-order valence-corrected chi connectivity index (χ0v) is 24.2. The van der Waals surface area contributed by atoms with Gasteiger partial charge in [-0.15, -0.1) is 0 Å². The molecule has 2 aromatic rings. The van der Waals surface area contributed by atoms with Gasteiger partial charge in [-0.2, -0.15) is 5.26 Å². The van der Waals surface area contributed by atoms with Crippen molar-refractivity contribution < 1.29 is 33.2 Å². The van der Waals surface area contributed by atoms with Crippen LogP contribution in [0.3, 0.4) is 0 Å². The highest BCUT2D eigenvalue weighted by atomic mass is 19.1. The van der Waals surface area contributed by atoms with Crippen LogP contribution in [0.5, 0.6) is 5.75 Å². The van der Waals surface area contributed by atoms with E-state index in [1.807, 2.05) is 22.9 Å². The molecular weight excluding hydrogens is 549 g/mol. The lowest BCUT2D eigenvalue weighted by Gasteiger charge is -2.52. The molecule has 1 aliphatic carbocycles. The van der Waals surface area contributed by atoms with Crippen molar-refractivity contribution in [2.75, 3.05) is 71.4 Å². The molecule has 0 spiro atoms. The van der Waals surface area contributed by atoms with Crippen LogP contribution in [0.15, 0.2) is 18.3 Å². The molecule has 0 radical (unpaired) electrons. The van der Waals surface area contributed by atoms with E-state index in [0.29, 0.717) is 43.1 Å². The quantitative estimate of drug-likeness (QED) is 0.312. The summed E-state index contributed by atoms with van der Waals surface area (Å²) in [6, 6.07) is 4.25. The number of halogens is 1. The third-order valence-corrected chi connectivity index (χ3v) is 7.98. The number of anilines is 2. The Kier molecular flexibility index (Phi) is 8.88. The van der Waals surface area contributed by atoms with Crippen LogP contribution < -0.4 is 15.0 Å². The predicted molar refractivity (Wildman–Crippen MR) is 149 cm³/mol. The van der Waals surface area contributed by atoms with Gasteiger partial charge in [-0.3, -0.25) is 15.1 Å². The number of alkyl halides is 1. The molecule has 226 valence electrons. The topological polar surface area (TPSA) is 146 Å². The Labute approximate surface area is 243 Å². The van der Waals surface area contributed by atoms with Gasteiger partial charge in [-0.05, 0) is 18.7 Å². The molecular formula is C28H36FN7O6. The zero-order chi connectivity index (χ0) is 30.0. The van der Waals surface area contributed by atoms with E-state index in [0.717, 1.165) is 6.54 Å². The van der Waals surface area contributed by atoms with Gasteiger partial charge in [0.2, 0.25) is 6.29 Å². The maximum absolute atomic E-state index is 16.1. The molecule has 3 aliphatic heterocycles. The SMILES string of the molecule is COCCOc1cc(NC(=O)N2c3nc(C(OC)OC)c(CN4CCN(C)CC4O)cc3C3(F)CC2C3)ncc1C#N. The van der Waals surface area contributed by atoms with E-state index in [1.54, 1.807) is 6.07 Å². The Balaban J connectivity index is 1.47. The standard InChI is InChI=1S/C28H36FN7O6/c1-34-5-6-35(23(37)16-34)15-17-9-20-25(33-24(17)26(40-3)41-4)36(19-11-28(20,29)12-19)27(38)32-22-10-21(42-8-7-39-2)18(13-30)14-31-22/h9-10,14,19,23,26,37H,5-8,11-12,15-16H2,1-4H3,(H,31,32,38). The molecule has 2 aromatic heterocycles. The third kappa shape index (κ3) is 5.76. The highest BCUT2D eigenvalue weighted by molar-refractivity contribution is 6.02. The highest BCUT2D eigenvalue weighted by Crippen LogP contribution is 2.56.